The summed E-state index contributed by atoms with van der Waals surface area (Å²) in [6, 6.07) is 13.1. The molecule has 210 valence electrons. The van der Waals surface area contributed by atoms with E-state index >= 15 is 0 Å². The SMILES string of the molecule is CC(C)(C)OC(=O)N1CC=CC=C1n1c(C(=O)N2CCC(F)(F)CC2)cc2cc(OCc3ccccc3)cnc21. The van der Waals surface area contributed by atoms with E-state index in [2.05, 4.69) is 4.98 Å². The highest BCUT2D eigenvalue weighted by atomic mass is 19.3. The van der Waals surface area contributed by atoms with Gasteiger partial charge in [-0.05, 0) is 44.5 Å². The number of pyridine rings is 1. The first kappa shape index (κ1) is 27.4. The Morgan fingerprint density at radius 3 is 2.50 bits per heavy atom. The number of alkyl halides is 2. The Bertz CT molecular complexity index is 1460. The Kier molecular flexibility index (Phi) is 7.35. The minimum absolute atomic E-state index is 0.0685. The lowest BCUT2D eigenvalue weighted by molar-refractivity contribution is -0.0495. The first-order chi connectivity index (χ1) is 19.0. The van der Waals surface area contributed by atoms with Crippen molar-refractivity contribution in [2.45, 2.75) is 51.7 Å². The van der Waals surface area contributed by atoms with Crippen LogP contribution in [0, 0.1) is 0 Å². The summed E-state index contributed by atoms with van der Waals surface area (Å²) in [5, 5.41) is 0.607. The monoisotopic (exact) mass is 550 g/mol. The molecule has 0 atom stereocenters. The zero-order chi connectivity index (χ0) is 28.5. The molecule has 0 radical (unpaired) electrons. The summed E-state index contributed by atoms with van der Waals surface area (Å²) in [5.41, 5.74) is 0.893. The van der Waals surface area contributed by atoms with Crippen LogP contribution in [0.15, 0.2) is 66.9 Å². The van der Waals surface area contributed by atoms with Crippen molar-refractivity contribution in [3.05, 3.63) is 78.1 Å². The van der Waals surface area contributed by atoms with E-state index in [9.17, 15) is 18.4 Å². The second-order valence-corrected chi connectivity index (χ2v) is 10.9. The molecule has 2 amide bonds. The molecule has 0 aliphatic carbocycles. The molecule has 1 saturated heterocycles. The Hall–Kier alpha value is -4.21. The molecule has 0 spiro atoms. The second-order valence-electron chi connectivity index (χ2n) is 10.9. The number of benzene rings is 1. The number of aromatic nitrogens is 2. The molecular formula is C30H32F2N4O4. The fourth-order valence-electron chi connectivity index (χ4n) is 4.67. The smallest absolute Gasteiger partial charge is 0.416 e. The zero-order valence-electron chi connectivity index (χ0n) is 22.8. The molecule has 2 aromatic heterocycles. The van der Waals surface area contributed by atoms with Crippen molar-refractivity contribution in [1.29, 1.82) is 0 Å². The van der Waals surface area contributed by atoms with Crippen LogP contribution in [0.4, 0.5) is 13.6 Å². The molecule has 0 saturated carbocycles. The topological polar surface area (TPSA) is 76.9 Å². The lowest BCUT2D eigenvalue weighted by Gasteiger charge is -2.33. The van der Waals surface area contributed by atoms with Crippen LogP contribution in [-0.2, 0) is 11.3 Å². The van der Waals surface area contributed by atoms with E-state index in [1.54, 1.807) is 61.9 Å². The number of nitrogens with zero attached hydrogens (tertiary/aromatic N) is 4. The van der Waals surface area contributed by atoms with Crippen molar-refractivity contribution < 1.29 is 27.8 Å². The number of carbonyl (C=O) groups excluding carboxylic acids is 2. The van der Waals surface area contributed by atoms with Crippen LogP contribution in [0.25, 0.3) is 16.9 Å². The quantitative estimate of drug-likeness (QED) is 0.384. The Balaban J connectivity index is 1.54. The molecule has 10 heteroatoms. The molecule has 0 bridgehead atoms. The Labute approximate surface area is 231 Å². The molecule has 2 aliphatic rings. The normalized spacial score (nSPS) is 17.1. The van der Waals surface area contributed by atoms with E-state index in [1.165, 1.54) is 9.80 Å². The van der Waals surface area contributed by atoms with Crippen LogP contribution in [0.5, 0.6) is 5.75 Å². The highest BCUT2D eigenvalue weighted by Crippen LogP contribution is 2.33. The van der Waals surface area contributed by atoms with Gasteiger partial charge < -0.3 is 14.4 Å². The number of allylic oxidation sites excluding steroid dienone is 2. The minimum Gasteiger partial charge on any atom is -0.487 e. The van der Waals surface area contributed by atoms with Gasteiger partial charge in [0, 0.05) is 37.9 Å². The number of hydrogen-bond acceptors (Lipinski definition) is 5. The van der Waals surface area contributed by atoms with Gasteiger partial charge >= 0.3 is 6.09 Å². The van der Waals surface area contributed by atoms with Gasteiger partial charge in [-0.2, -0.15) is 0 Å². The fraction of sp³-hybridized carbons (Fsp3) is 0.367. The maximum absolute atomic E-state index is 13.9. The number of ether oxygens (including phenoxy) is 2. The summed E-state index contributed by atoms with van der Waals surface area (Å²) in [6.07, 6.45) is 5.48. The van der Waals surface area contributed by atoms with Gasteiger partial charge in [-0.3, -0.25) is 14.3 Å². The predicted octanol–water partition coefficient (Wildman–Crippen LogP) is 6.09. The van der Waals surface area contributed by atoms with Gasteiger partial charge in [0.05, 0.1) is 6.20 Å². The van der Waals surface area contributed by atoms with Crippen molar-refractivity contribution in [2.24, 2.45) is 0 Å². The Morgan fingerprint density at radius 1 is 1.07 bits per heavy atom. The van der Waals surface area contributed by atoms with Crippen LogP contribution >= 0.6 is 0 Å². The summed E-state index contributed by atoms with van der Waals surface area (Å²) in [5.74, 6) is -2.32. The summed E-state index contributed by atoms with van der Waals surface area (Å²) in [7, 11) is 0. The van der Waals surface area contributed by atoms with Gasteiger partial charge in [-0.1, -0.05) is 42.5 Å². The van der Waals surface area contributed by atoms with Gasteiger partial charge in [-0.25, -0.2) is 18.6 Å². The summed E-state index contributed by atoms with van der Waals surface area (Å²) in [4.78, 5) is 34.4. The molecule has 3 aromatic rings. The maximum atomic E-state index is 13.9. The lowest BCUT2D eigenvalue weighted by atomic mass is 10.1. The number of piperidine rings is 1. The summed E-state index contributed by atoms with van der Waals surface area (Å²) in [6.45, 7) is 5.76. The fourth-order valence-corrected chi connectivity index (χ4v) is 4.67. The molecule has 5 rings (SSSR count). The van der Waals surface area contributed by atoms with Gasteiger partial charge in [0.1, 0.15) is 35.1 Å². The standard InChI is InChI=1S/C30H32F2N4O4/c1-29(2,3)40-28(38)35-14-8-7-11-25(35)36-24(27(37)34-15-12-30(31,32)13-16-34)18-22-17-23(19-33-26(22)36)39-20-21-9-5-4-6-10-21/h4-11,17-19H,12-16,20H2,1-3H3. The van der Waals surface area contributed by atoms with E-state index in [0.717, 1.165) is 5.56 Å². The van der Waals surface area contributed by atoms with E-state index in [-0.39, 0.29) is 25.3 Å². The molecule has 0 unspecified atom stereocenters. The predicted molar refractivity (Wildman–Crippen MR) is 147 cm³/mol. The Morgan fingerprint density at radius 2 is 1.80 bits per heavy atom. The molecule has 4 heterocycles. The van der Waals surface area contributed by atoms with Gasteiger partial charge in [-0.15, -0.1) is 0 Å². The van der Waals surface area contributed by atoms with Crippen LogP contribution < -0.4 is 4.74 Å². The van der Waals surface area contributed by atoms with E-state index < -0.39 is 36.4 Å². The van der Waals surface area contributed by atoms with Crippen molar-refractivity contribution >= 4 is 28.9 Å². The van der Waals surface area contributed by atoms with Gasteiger partial charge in [0.25, 0.3) is 11.8 Å². The number of fused-ring (bicyclic) bond motifs is 1. The third-order valence-corrected chi connectivity index (χ3v) is 6.65. The number of hydrogen-bond donors (Lipinski definition) is 0. The number of carbonyl (C=O) groups is 2. The first-order valence-corrected chi connectivity index (χ1v) is 13.2. The van der Waals surface area contributed by atoms with Crippen molar-refractivity contribution in [3.8, 4) is 5.75 Å². The number of rotatable bonds is 5. The largest absolute Gasteiger partial charge is 0.487 e. The van der Waals surface area contributed by atoms with Crippen LogP contribution in [0.3, 0.4) is 0 Å². The number of amides is 2. The van der Waals surface area contributed by atoms with Crippen molar-refractivity contribution in [1.82, 2.24) is 19.4 Å². The molecule has 1 aromatic carbocycles. The third kappa shape index (κ3) is 6.00. The minimum atomic E-state index is -2.79. The van der Waals surface area contributed by atoms with E-state index in [4.69, 9.17) is 9.47 Å². The molecular weight excluding hydrogens is 518 g/mol. The molecule has 2 aliphatic heterocycles. The van der Waals surface area contributed by atoms with Crippen molar-refractivity contribution in [3.63, 3.8) is 0 Å². The van der Waals surface area contributed by atoms with E-state index in [0.29, 0.717) is 29.2 Å². The van der Waals surface area contributed by atoms with Crippen LogP contribution in [-0.4, -0.2) is 62.5 Å². The zero-order valence-corrected chi connectivity index (χ0v) is 22.8. The highest BCUT2D eigenvalue weighted by Gasteiger charge is 2.37. The average Bonchev–Trinajstić information content (AvgIpc) is 3.30. The van der Waals surface area contributed by atoms with E-state index in [1.807, 2.05) is 30.3 Å². The molecule has 8 nitrogen and oxygen atoms in total. The second kappa shape index (κ2) is 10.7. The van der Waals surface area contributed by atoms with Crippen molar-refractivity contribution in [2.75, 3.05) is 19.6 Å². The first-order valence-electron chi connectivity index (χ1n) is 13.2. The average molecular weight is 551 g/mol. The number of halogens is 2. The molecule has 40 heavy (non-hydrogen) atoms. The van der Waals surface area contributed by atoms with Gasteiger partial charge in [0.15, 0.2) is 0 Å². The third-order valence-electron chi connectivity index (χ3n) is 6.65. The highest BCUT2D eigenvalue weighted by molar-refractivity contribution is 6.00. The number of likely N-dealkylation sites (tertiary alicyclic amines) is 1. The van der Waals surface area contributed by atoms with Gasteiger partial charge in [0.2, 0.25) is 0 Å². The molecule has 0 N–H and O–H groups in total. The summed E-state index contributed by atoms with van der Waals surface area (Å²) < 4.78 is 40.9. The maximum Gasteiger partial charge on any atom is 0.416 e. The van der Waals surface area contributed by atoms with Crippen LogP contribution in [0.2, 0.25) is 0 Å². The summed E-state index contributed by atoms with van der Waals surface area (Å²) >= 11 is 0. The lowest BCUT2D eigenvalue weighted by Crippen LogP contribution is -2.44. The van der Waals surface area contributed by atoms with Crippen LogP contribution in [0.1, 0.15) is 49.7 Å². The molecule has 1 fully saturated rings.